The maximum atomic E-state index is 2.50. The Morgan fingerprint density at radius 3 is 2.58 bits per heavy atom. The summed E-state index contributed by atoms with van der Waals surface area (Å²) in [6, 6.07) is 0. The largest absolute Gasteiger partial charge is 0.0651 e. The van der Waals surface area contributed by atoms with Gasteiger partial charge in [-0.2, -0.15) is 0 Å². The van der Waals surface area contributed by atoms with Crippen molar-refractivity contribution in [2.45, 2.75) is 52.4 Å². The van der Waals surface area contributed by atoms with Crippen molar-refractivity contribution in [3.05, 3.63) is 0 Å². The van der Waals surface area contributed by atoms with Gasteiger partial charge < -0.3 is 0 Å². The molecule has 2 aliphatic carbocycles. The fourth-order valence-corrected chi connectivity index (χ4v) is 3.71. The summed E-state index contributed by atoms with van der Waals surface area (Å²) < 4.78 is 0. The number of hydrogen-bond acceptors (Lipinski definition) is 0. The summed E-state index contributed by atoms with van der Waals surface area (Å²) in [5, 5.41) is 0. The first-order valence-electron chi connectivity index (χ1n) is 5.83. The van der Waals surface area contributed by atoms with Gasteiger partial charge in [0.05, 0.1) is 0 Å². The average Bonchev–Trinajstić information content (AvgIpc) is 2.44. The molecule has 0 aromatic heterocycles. The van der Waals surface area contributed by atoms with Crippen molar-refractivity contribution in [1.29, 1.82) is 0 Å². The van der Waals surface area contributed by atoms with Crippen LogP contribution >= 0.6 is 0 Å². The highest BCUT2D eigenvalue weighted by molar-refractivity contribution is 4.90. The predicted molar refractivity (Wildman–Crippen MR) is 53.0 cm³/mol. The van der Waals surface area contributed by atoms with Crippen molar-refractivity contribution in [2.24, 2.45) is 23.7 Å². The summed E-state index contributed by atoms with van der Waals surface area (Å²) in [5.74, 6) is 4.35. The van der Waals surface area contributed by atoms with Crippen LogP contribution in [0.25, 0.3) is 0 Å². The van der Waals surface area contributed by atoms with E-state index in [-0.39, 0.29) is 0 Å². The molecule has 0 nitrogen and oxygen atoms in total. The van der Waals surface area contributed by atoms with Gasteiger partial charge in [-0.25, -0.2) is 0 Å². The second-order valence-electron chi connectivity index (χ2n) is 4.97. The Morgan fingerprint density at radius 2 is 1.92 bits per heavy atom. The van der Waals surface area contributed by atoms with E-state index in [1.807, 2.05) is 0 Å². The Morgan fingerprint density at radius 1 is 1.17 bits per heavy atom. The lowest BCUT2D eigenvalue weighted by molar-refractivity contribution is 0.230. The van der Waals surface area contributed by atoms with Crippen LogP contribution < -0.4 is 0 Å². The van der Waals surface area contributed by atoms with Crippen molar-refractivity contribution in [3.63, 3.8) is 0 Å². The Balaban J connectivity index is 2.03. The summed E-state index contributed by atoms with van der Waals surface area (Å²) in [6.45, 7) is 4.88. The van der Waals surface area contributed by atoms with Crippen molar-refractivity contribution in [3.8, 4) is 0 Å². The highest BCUT2D eigenvalue weighted by atomic mass is 14.4. The van der Waals surface area contributed by atoms with Crippen LogP contribution in [0, 0.1) is 23.7 Å². The molecular weight excluding hydrogens is 144 g/mol. The molecule has 0 aromatic rings. The Labute approximate surface area is 76.7 Å². The summed E-state index contributed by atoms with van der Waals surface area (Å²) in [7, 11) is 0. The van der Waals surface area contributed by atoms with E-state index in [0.717, 1.165) is 23.7 Å². The Kier molecular flexibility index (Phi) is 2.43. The lowest BCUT2D eigenvalue weighted by Crippen LogP contribution is -2.18. The van der Waals surface area contributed by atoms with Crippen LogP contribution in [0.1, 0.15) is 52.4 Å². The molecule has 4 atom stereocenters. The molecule has 0 radical (unpaired) electrons. The predicted octanol–water partition coefficient (Wildman–Crippen LogP) is 3.86. The molecule has 12 heavy (non-hydrogen) atoms. The van der Waals surface area contributed by atoms with Crippen molar-refractivity contribution >= 4 is 0 Å². The first-order valence-corrected chi connectivity index (χ1v) is 5.83. The molecule has 2 fully saturated rings. The number of fused-ring (bicyclic) bond motifs is 1. The van der Waals surface area contributed by atoms with Gasteiger partial charge in [-0.05, 0) is 36.5 Å². The van der Waals surface area contributed by atoms with Gasteiger partial charge in [0, 0.05) is 0 Å². The Bertz CT molecular complexity index is 148. The number of hydrogen-bond donors (Lipinski definition) is 0. The van der Waals surface area contributed by atoms with Crippen LogP contribution in [-0.4, -0.2) is 0 Å². The summed E-state index contributed by atoms with van der Waals surface area (Å²) in [5.41, 5.74) is 0. The minimum absolute atomic E-state index is 1.04. The molecule has 2 saturated carbocycles. The molecule has 0 heterocycles. The minimum atomic E-state index is 1.04. The van der Waals surface area contributed by atoms with Crippen molar-refractivity contribution in [1.82, 2.24) is 0 Å². The molecule has 0 aliphatic heterocycles. The molecule has 0 N–H and O–H groups in total. The second kappa shape index (κ2) is 3.40. The van der Waals surface area contributed by atoms with E-state index >= 15 is 0 Å². The van der Waals surface area contributed by atoms with E-state index in [2.05, 4.69) is 13.8 Å². The maximum absolute atomic E-state index is 2.50. The molecule has 0 spiro atoms. The van der Waals surface area contributed by atoms with Gasteiger partial charge in [0.15, 0.2) is 0 Å². The maximum Gasteiger partial charge on any atom is -0.0357 e. The standard InChI is InChI=1S/C12H22/c1-3-10-8-11-6-4-5-7-12(11)9(10)2/h9-12H,3-8H2,1-2H3. The van der Waals surface area contributed by atoms with Crippen molar-refractivity contribution < 1.29 is 0 Å². The average molecular weight is 166 g/mol. The zero-order valence-electron chi connectivity index (χ0n) is 8.55. The summed E-state index contributed by atoms with van der Waals surface area (Å²) in [6.07, 6.45) is 9.11. The van der Waals surface area contributed by atoms with E-state index in [9.17, 15) is 0 Å². The van der Waals surface area contributed by atoms with E-state index < -0.39 is 0 Å². The van der Waals surface area contributed by atoms with E-state index in [1.165, 1.54) is 19.3 Å². The highest BCUT2D eigenvalue weighted by Gasteiger charge is 2.40. The summed E-state index contributed by atoms with van der Waals surface area (Å²) in [4.78, 5) is 0. The molecule has 0 heteroatoms. The monoisotopic (exact) mass is 166 g/mol. The molecule has 4 unspecified atom stereocenters. The van der Waals surface area contributed by atoms with Crippen LogP contribution in [-0.2, 0) is 0 Å². The third-order valence-electron chi connectivity index (χ3n) is 4.52. The van der Waals surface area contributed by atoms with Gasteiger partial charge in [-0.15, -0.1) is 0 Å². The van der Waals surface area contributed by atoms with E-state index in [4.69, 9.17) is 0 Å². The van der Waals surface area contributed by atoms with Crippen LogP contribution in [0.5, 0.6) is 0 Å². The van der Waals surface area contributed by atoms with Crippen LogP contribution in [0.15, 0.2) is 0 Å². The third-order valence-corrected chi connectivity index (χ3v) is 4.52. The zero-order chi connectivity index (χ0) is 8.55. The molecular formula is C12H22. The quantitative estimate of drug-likeness (QED) is 0.555. The summed E-state index contributed by atoms with van der Waals surface area (Å²) >= 11 is 0. The molecule has 0 saturated heterocycles. The van der Waals surface area contributed by atoms with Crippen LogP contribution in [0.4, 0.5) is 0 Å². The van der Waals surface area contributed by atoms with E-state index in [0.29, 0.717) is 0 Å². The fraction of sp³-hybridized carbons (Fsp3) is 1.00. The smallest absolute Gasteiger partial charge is 0.0357 e. The normalized spacial score (nSPS) is 47.5. The SMILES string of the molecule is CCC1CC2CCCCC2C1C. The second-order valence-corrected chi connectivity index (χ2v) is 4.97. The first kappa shape index (κ1) is 8.59. The van der Waals surface area contributed by atoms with Gasteiger partial charge in [0.2, 0.25) is 0 Å². The minimum Gasteiger partial charge on any atom is -0.0651 e. The van der Waals surface area contributed by atoms with Gasteiger partial charge in [-0.3, -0.25) is 0 Å². The van der Waals surface area contributed by atoms with Gasteiger partial charge in [0.1, 0.15) is 0 Å². The van der Waals surface area contributed by atoms with E-state index in [1.54, 1.807) is 19.3 Å². The molecule has 0 bridgehead atoms. The fourth-order valence-electron chi connectivity index (χ4n) is 3.71. The zero-order valence-corrected chi connectivity index (χ0v) is 8.55. The lowest BCUT2D eigenvalue weighted by atomic mass is 9.78. The third kappa shape index (κ3) is 1.30. The number of rotatable bonds is 1. The Hall–Kier alpha value is 0. The first-order chi connectivity index (χ1) is 5.83. The molecule has 0 aromatic carbocycles. The molecule has 2 rings (SSSR count). The van der Waals surface area contributed by atoms with Crippen LogP contribution in [0.2, 0.25) is 0 Å². The van der Waals surface area contributed by atoms with Crippen molar-refractivity contribution in [2.75, 3.05) is 0 Å². The van der Waals surface area contributed by atoms with Gasteiger partial charge in [-0.1, -0.05) is 39.5 Å². The molecule has 70 valence electrons. The lowest BCUT2D eigenvalue weighted by Gasteiger charge is -2.27. The van der Waals surface area contributed by atoms with Crippen LogP contribution in [0.3, 0.4) is 0 Å². The molecule has 2 aliphatic rings. The van der Waals surface area contributed by atoms with Gasteiger partial charge in [0.25, 0.3) is 0 Å². The molecule has 0 amide bonds. The van der Waals surface area contributed by atoms with Gasteiger partial charge >= 0.3 is 0 Å². The highest BCUT2D eigenvalue weighted by Crippen LogP contribution is 2.49. The topological polar surface area (TPSA) is 0 Å².